The van der Waals surface area contributed by atoms with Gasteiger partial charge in [0.2, 0.25) is 0 Å². The summed E-state index contributed by atoms with van der Waals surface area (Å²) in [5.74, 6) is 0. The van der Waals surface area contributed by atoms with Crippen molar-refractivity contribution in [3.05, 3.63) is 29.8 Å². The molecule has 3 heteroatoms. The SMILES string of the molecule is CN1Cc2c[c]ccc2NC1=O. The van der Waals surface area contributed by atoms with Gasteiger partial charge in [-0.1, -0.05) is 6.07 Å². The molecule has 61 valence electrons. The Labute approximate surface area is 71.0 Å². The summed E-state index contributed by atoms with van der Waals surface area (Å²) >= 11 is 0. The molecule has 1 aromatic carbocycles. The number of nitrogens with zero attached hydrogens (tertiary/aromatic N) is 1. The van der Waals surface area contributed by atoms with Crippen molar-refractivity contribution in [2.24, 2.45) is 0 Å². The molecule has 1 radical (unpaired) electrons. The van der Waals surface area contributed by atoms with Crippen LogP contribution < -0.4 is 5.32 Å². The molecule has 0 unspecified atom stereocenters. The van der Waals surface area contributed by atoms with Crippen molar-refractivity contribution in [1.82, 2.24) is 4.90 Å². The van der Waals surface area contributed by atoms with Gasteiger partial charge in [0.15, 0.2) is 0 Å². The van der Waals surface area contributed by atoms with Crippen LogP contribution in [0.2, 0.25) is 0 Å². The van der Waals surface area contributed by atoms with Gasteiger partial charge in [0, 0.05) is 19.3 Å². The molecule has 0 spiro atoms. The van der Waals surface area contributed by atoms with Crippen LogP contribution in [0.5, 0.6) is 0 Å². The summed E-state index contributed by atoms with van der Waals surface area (Å²) in [6.45, 7) is 0.665. The van der Waals surface area contributed by atoms with Crippen molar-refractivity contribution in [2.45, 2.75) is 6.54 Å². The maximum Gasteiger partial charge on any atom is 0.321 e. The Balaban J connectivity index is 2.40. The van der Waals surface area contributed by atoms with E-state index in [4.69, 9.17) is 0 Å². The van der Waals surface area contributed by atoms with Gasteiger partial charge in [0.25, 0.3) is 0 Å². The van der Waals surface area contributed by atoms with Crippen LogP contribution >= 0.6 is 0 Å². The number of benzene rings is 1. The normalized spacial score (nSPS) is 15.4. The number of hydrogen-bond donors (Lipinski definition) is 1. The molecule has 1 heterocycles. The fourth-order valence-electron chi connectivity index (χ4n) is 1.26. The van der Waals surface area contributed by atoms with Gasteiger partial charge in [0.05, 0.1) is 0 Å². The van der Waals surface area contributed by atoms with E-state index in [0.717, 1.165) is 11.3 Å². The lowest BCUT2D eigenvalue weighted by atomic mass is 10.1. The molecule has 0 atom stereocenters. The van der Waals surface area contributed by atoms with Crippen molar-refractivity contribution < 1.29 is 4.79 Å². The lowest BCUT2D eigenvalue weighted by molar-refractivity contribution is 0.218. The summed E-state index contributed by atoms with van der Waals surface area (Å²) in [4.78, 5) is 12.8. The number of fused-ring (bicyclic) bond motifs is 1. The maximum atomic E-state index is 11.2. The lowest BCUT2D eigenvalue weighted by Gasteiger charge is -2.25. The summed E-state index contributed by atoms with van der Waals surface area (Å²) in [5, 5.41) is 2.78. The molecule has 0 aliphatic carbocycles. The summed E-state index contributed by atoms with van der Waals surface area (Å²) < 4.78 is 0. The number of amides is 2. The predicted octanol–water partition coefficient (Wildman–Crippen LogP) is 1.46. The van der Waals surface area contributed by atoms with Crippen molar-refractivity contribution >= 4 is 11.7 Å². The number of anilines is 1. The molecule has 1 N–H and O–H groups in total. The monoisotopic (exact) mass is 161 g/mol. The predicted molar refractivity (Wildman–Crippen MR) is 45.8 cm³/mol. The lowest BCUT2D eigenvalue weighted by Crippen LogP contribution is -2.35. The highest BCUT2D eigenvalue weighted by atomic mass is 16.2. The number of hydrogen-bond acceptors (Lipinski definition) is 1. The van der Waals surface area contributed by atoms with Crippen molar-refractivity contribution in [2.75, 3.05) is 12.4 Å². The van der Waals surface area contributed by atoms with Crippen LogP contribution in [0.3, 0.4) is 0 Å². The second kappa shape index (κ2) is 2.52. The third-order valence-corrected chi connectivity index (χ3v) is 1.95. The molecule has 0 fully saturated rings. The highest BCUT2D eigenvalue weighted by molar-refractivity contribution is 5.91. The van der Waals surface area contributed by atoms with Gasteiger partial charge in [-0.05, 0) is 23.8 Å². The van der Waals surface area contributed by atoms with Gasteiger partial charge in [-0.2, -0.15) is 0 Å². The molecule has 1 aliphatic rings. The quantitative estimate of drug-likeness (QED) is 0.614. The first kappa shape index (κ1) is 7.16. The Hall–Kier alpha value is -1.51. The second-order valence-corrected chi connectivity index (χ2v) is 2.87. The molecule has 0 saturated heterocycles. The van der Waals surface area contributed by atoms with Crippen LogP contribution in [0.15, 0.2) is 18.2 Å². The summed E-state index contributed by atoms with van der Waals surface area (Å²) in [6, 6.07) is 8.48. The van der Waals surface area contributed by atoms with E-state index in [2.05, 4.69) is 11.4 Å². The fraction of sp³-hybridized carbons (Fsp3) is 0.222. The van der Waals surface area contributed by atoms with E-state index < -0.39 is 0 Å². The molecule has 1 aromatic rings. The smallest absolute Gasteiger partial charge is 0.321 e. The van der Waals surface area contributed by atoms with Crippen molar-refractivity contribution in [3.8, 4) is 0 Å². The Morgan fingerprint density at radius 2 is 2.50 bits per heavy atom. The second-order valence-electron chi connectivity index (χ2n) is 2.87. The molecular formula is C9H9N2O. The number of urea groups is 1. The average molecular weight is 161 g/mol. The van der Waals surface area contributed by atoms with Crippen LogP contribution in [0.1, 0.15) is 5.56 Å². The Morgan fingerprint density at radius 3 is 3.33 bits per heavy atom. The third kappa shape index (κ3) is 1.03. The average Bonchev–Trinajstić information content (AvgIpc) is 2.07. The van der Waals surface area contributed by atoms with Crippen LogP contribution in [-0.4, -0.2) is 18.0 Å². The highest BCUT2D eigenvalue weighted by Crippen LogP contribution is 2.20. The van der Waals surface area contributed by atoms with Crippen LogP contribution in [0, 0.1) is 6.07 Å². The highest BCUT2D eigenvalue weighted by Gasteiger charge is 2.17. The minimum atomic E-state index is -0.0475. The van der Waals surface area contributed by atoms with Crippen molar-refractivity contribution in [3.63, 3.8) is 0 Å². The minimum Gasteiger partial charge on any atom is -0.323 e. The van der Waals surface area contributed by atoms with E-state index in [1.54, 1.807) is 18.0 Å². The summed E-state index contributed by atoms with van der Waals surface area (Å²) in [6.07, 6.45) is 0. The molecule has 1 aliphatic heterocycles. The Bertz CT molecular complexity index is 322. The van der Waals surface area contributed by atoms with Crippen LogP contribution in [0.25, 0.3) is 0 Å². The number of carbonyl (C=O) groups excluding carboxylic acids is 1. The van der Waals surface area contributed by atoms with E-state index in [-0.39, 0.29) is 6.03 Å². The van der Waals surface area contributed by atoms with Crippen LogP contribution in [0.4, 0.5) is 10.5 Å². The molecule has 0 aromatic heterocycles. The molecule has 3 nitrogen and oxygen atoms in total. The van der Waals surface area contributed by atoms with Gasteiger partial charge in [0.1, 0.15) is 0 Å². The largest absolute Gasteiger partial charge is 0.323 e. The summed E-state index contributed by atoms with van der Waals surface area (Å²) in [7, 11) is 1.77. The topological polar surface area (TPSA) is 32.3 Å². The number of rotatable bonds is 0. The first-order valence-electron chi connectivity index (χ1n) is 3.78. The van der Waals surface area contributed by atoms with E-state index in [1.807, 2.05) is 12.1 Å². The van der Waals surface area contributed by atoms with Gasteiger partial charge in [-0.3, -0.25) is 0 Å². The zero-order chi connectivity index (χ0) is 8.55. The third-order valence-electron chi connectivity index (χ3n) is 1.95. The van der Waals surface area contributed by atoms with E-state index >= 15 is 0 Å². The van der Waals surface area contributed by atoms with Crippen molar-refractivity contribution in [1.29, 1.82) is 0 Å². The Morgan fingerprint density at radius 1 is 1.67 bits per heavy atom. The summed E-state index contributed by atoms with van der Waals surface area (Å²) in [5.41, 5.74) is 2.01. The molecule has 12 heavy (non-hydrogen) atoms. The van der Waals surface area contributed by atoms with Gasteiger partial charge >= 0.3 is 6.03 Å². The Kier molecular flexibility index (Phi) is 1.50. The number of carbonyl (C=O) groups is 1. The number of nitrogens with one attached hydrogen (secondary N) is 1. The van der Waals surface area contributed by atoms with Gasteiger partial charge in [-0.25, -0.2) is 4.79 Å². The molecule has 0 bridgehead atoms. The van der Waals surface area contributed by atoms with E-state index in [1.165, 1.54) is 0 Å². The standard InChI is InChI=1S/C9H9N2O/c1-11-6-7-4-2-3-5-8(7)10-9(11)12/h3-5H,6H2,1H3,(H,10,12). The molecule has 2 amide bonds. The van der Waals surface area contributed by atoms with E-state index in [0.29, 0.717) is 6.54 Å². The van der Waals surface area contributed by atoms with Crippen LogP contribution in [-0.2, 0) is 6.54 Å². The first-order chi connectivity index (χ1) is 5.77. The zero-order valence-corrected chi connectivity index (χ0v) is 6.79. The maximum absolute atomic E-state index is 11.2. The minimum absolute atomic E-state index is 0.0475. The molecular weight excluding hydrogens is 152 g/mol. The zero-order valence-electron chi connectivity index (χ0n) is 6.79. The molecule has 0 saturated carbocycles. The first-order valence-corrected chi connectivity index (χ1v) is 3.78. The fourth-order valence-corrected chi connectivity index (χ4v) is 1.26. The molecule has 2 rings (SSSR count). The van der Waals surface area contributed by atoms with Gasteiger partial charge in [-0.15, -0.1) is 0 Å². The van der Waals surface area contributed by atoms with Gasteiger partial charge < -0.3 is 10.2 Å². The van der Waals surface area contributed by atoms with E-state index in [9.17, 15) is 4.79 Å².